The molecule has 0 aliphatic carbocycles. The van der Waals surface area contributed by atoms with Crippen molar-refractivity contribution in [2.45, 2.75) is 6.42 Å². The second-order valence-corrected chi connectivity index (χ2v) is 2.83. The summed E-state index contributed by atoms with van der Waals surface area (Å²) in [6.07, 6.45) is 7.32. The zero-order valence-corrected chi connectivity index (χ0v) is 7.49. The van der Waals surface area contributed by atoms with Crippen LogP contribution in [-0.2, 0) is 4.79 Å². The molecule has 0 fully saturated rings. The van der Waals surface area contributed by atoms with Gasteiger partial charge in [0.2, 0.25) is 6.41 Å². The highest BCUT2D eigenvalue weighted by atomic mass is 32.2. The molecule has 0 bridgehead atoms. The van der Waals surface area contributed by atoms with E-state index in [1.165, 1.54) is 4.91 Å². The number of hydrogen-bond acceptors (Lipinski definition) is 2. The van der Waals surface area contributed by atoms with E-state index in [1.54, 1.807) is 17.8 Å². The van der Waals surface area contributed by atoms with E-state index in [1.807, 2.05) is 12.3 Å². The van der Waals surface area contributed by atoms with E-state index >= 15 is 0 Å². The Balaban J connectivity index is 3.60. The maximum absolute atomic E-state index is 9.88. The lowest BCUT2D eigenvalue weighted by molar-refractivity contribution is -0.109. The first-order chi connectivity index (χ1) is 5.35. The van der Waals surface area contributed by atoms with Crippen LogP contribution in [0, 0.1) is 0 Å². The fourth-order valence-electron chi connectivity index (χ4n) is 0.639. The lowest BCUT2D eigenvalue weighted by Gasteiger charge is -2.00. The second-order valence-electron chi connectivity index (χ2n) is 1.89. The van der Waals surface area contributed by atoms with Crippen molar-refractivity contribution in [2.75, 3.05) is 12.8 Å². The number of carbonyl (C=O) groups is 1. The molecular formula is C8H13NOS. The van der Waals surface area contributed by atoms with Crippen molar-refractivity contribution in [3.63, 3.8) is 0 Å². The predicted octanol–water partition coefficient (Wildman–Crippen LogP) is 1.56. The fraction of sp³-hybridized carbons (Fsp3) is 0.375. The van der Waals surface area contributed by atoms with Gasteiger partial charge in [-0.2, -0.15) is 0 Å². The van der Waals surface area contributed by atoms with E-state index in [-0.39, 0.29) is 0 Å². The summed E-state index contributed by atoms with van der Waals surface area (Å²) in [6, 6.07) is 0. The van der Waals surface area contributed by atoms with Crippen molar-refractivity contribution < 1.29 is 4.79 Å². The van der Waals surface area contributed by atoms with Gasteiger partial charge >= 0.3 is 0 Å². The molecule has 3 heteroatoms. The van der Waals surface area contributed by atoms with Crippen LogP contribution in [0.5, 0.6) is 0 Å². The molecule has 11 heavy (non-hydrogen) atoms. The summed E-state index contributed by atoms with van der Waals surface area (Å²) in [6.45, 7) is 4.30. The van der Waals surface area contributed by atoms with Crippen LogP contribution in [0.3, 0.4) is 0 Å². The first-order valence-electron chi connectivity index (χ1n) is 3.37. The van der Waals surface area contributed by atoms with Crippen molar-refractivity contribution >= 4 is 18.2 Å². The maximum Gasteiger partial charge on any atom is 0.207 e. The molecule has 0 atom stereocenters. The summed E-state index contributed by atoms with van der Waals surface area (Å²) in [4.78, 5) is 11.1. The largest absolute Gasteiger partial charge is 0.358 e. The molecule has 0 aromatic carbocycles. The average molecular weight is 171 g/mol. The molecule has 0 unspecified atom stereocenters. The number of hydrogen-bond donors (Lipinski definition) is 1. The predicted molar refractivity (Wildman–Crippen MR) is 50.5 cm³/mol. The van der Waals surface area contributed by atoms with Gasteiger partial charge in [-0.3, -0.25) is 4.79 Å². The third-order valence-electron chi connectivity index (χ3n) is 1.17. The van der Waals surface area contributed by atoms with Crippen LogP contribution in [0.1, 0.15) is 6.42 Å². The number of carbonyl (C=O) groups excluding carboxylic acids is 1. The van der Waals surface area contributed by atoms with Crippen LogP contribution >= 0.6 is 11.8 Å². The molecule has 62 valence electrons. The summed E-state index contributed by atoms with van der Waals surface area (Å²) in [7, 11) is 0. The molecule has 2 nitrogen and oxygen atoms in total. The Bertz CT molecular complexity index is 154. The molecule has 0 rings (SSSR count). The summed E-state index contributed by atoms with van der Waals surface area (Å²) >= 11 is 1.68. The molecule has 0 aromatic heterocycles. The van der Waals surface area contributed by atoms with Crippen molar-refractivity contribution in [1.82, 2.24) is 5.32 Å². The van der Waals surface area contributed by atoms with Gasteiger partial charge in [0.25, 0.3) is 0 Å². The standard InChI is InChI=1S/C8H13NOS/c1-3-4-8(11-2)5-6-9-7-10/h3-4,7H,1,5-6H2,2H3,(H,9,10)/b8-4-. The quantitative estimate of drug-likeness (QED) is 0.373. The number of rotatable bonds is 6. The van der Waals surface area contributed by atoms with E-state index in [9.17, 15) is 4.79 Å². The van der Waals surface area contributed by atoms with Crippen molar-refractivity contribution in [2.24, 2.45) is 0 Å². The normalized spacial score (nSPS) is 10.8. The van der Waals surface area contributed by atoms with E-state index in [4.69, 9.17) is 0 Å². The van der Waals surface area contributed by atoms with Crippen LogP contribution in [0.25, 0.3) is 0 Å². The summed E-state index contributed by atoms with van der Waals surface area (Å²) in [5, 5.41) is 2.60. The van der Waals surface area contributed by atoms with E-state index in [0.29, 0.717) is 13.0 Å². The molecule has 1 N–H and O–H groups in total. The highest BCUT2D eigenvalue weighted by Gasteiger charge is 1.91. The Labute approximate surface area is 71.7 Å². The van der Waals surface area contributed by atoms with Gasteiger partial charge in [0.1, 0.15) is 0 Å². The SMILES string of the molecule is C=C/C=C(/CCNC=O)SC. The van der Waals surface area contributed by atoms with E-state index in [0.717, 1.165) is 6.42 Å². The zero-order chi connectivity index (χ0) is 8.53. The molecule has 0 spiro atoms. The number of amides is 1. The third kappa shape index (κ3) is 5.73. The summed E-state index contributed by atoms with van der Waals surface area (Å²) < 4.78 is 0. The van der Waals surface area contributed by atoms with Gasteiger partial charge in [0, 0.05) is 6.54 Å². The maximum atomic E-state index is 9.88. The fourth-order valence-corrected chi connectivity index (χ4v) is 1.18. The van der Waals surface area contributed by atoms with Gasteiger partial charge in [-0.05, 0) is 17.6 Å². The molecule has 0 saturated carbocycles. The Morgan fingerprint density at radius 1 is 1.73 bits per heavy atom. The molecule has 1 amide bonds. The first kappa shape index (κ1) is 10.3. The van der Waals surface area contributed by atoms with Crippen molar-refractivity contribution in [1.29, 1.82) is 0 Å². The molecule has 0 heterocycles. The van der Waals surface area contributed by atoms with Crippen LogP contribution < -0.4 is 5.32 Å². The van der Waals surface area contributed by atoms with Gasteiger partial charge in [-0.25, -0.2) is 0 Å². The number of allylic oxidation sites excluding steroid dienone is 2. The molecule has 0 aliphatic rings. The molecule has 0 aliphatic heterocycles. The highest BCUT2D eigenvalue weighted by molar-refractivity contribution is 8.02. The second kappa shape index (κ2) is 7.41. The van der Waals surface area contributed by atoms with Gasteiger partial charge < -0.3 is 5.32 Å². The summed E-state index contributed by atoms with van der Waals surface area (Å²) in [5.41, 5.74) is 0. The molecular weight excluding hydrogens is 158 g/mol. The van der Waals surface area contributed by atoms with Crippen molar-refractivity contribution in [3.8, 4) is 0 Å². The minimum atomic E-state index is 0.698. The smallest absolute Gasteiger partial charge is 0.207 e. The lowest BCUT2D eigenvalue weighted by Crippen LogP contribution is -2.11. The lowest BCUT2D eigenvalue weighted by atomic mass is 10.3. The Morgan fingerprint density at radius 2 is 2.45 bits per heavy atom. The van der Waals surface area contributed by atoms with Gasteiger partial charge in [-0.1, -0.05) is 18.7 Å². The van der Waals surface area contributed by atoms with Crippen molar-refractivity contribution in [3.05, 3.63) is 23.6 Å². The first-order valence-corrected chi connectivity index (χ1v) is 4.60. The van der Waals surface area contributed by atoms with Crippen LogP contribution in [0.4, 0.5) is 0 Å². The minimum absolute atomic E-state index is 0.698. The Morgan fingerprint density at radius 3 is 2.91 bits per heavy atom. The Hall–Kier alpha value is -0.700. The topological polar surface area (TPSA) is 29.1 Å². The third-order valence-corrected chi connectivity index (χ3v) is 2.03. The minimum Gasteiger partial charge on any atom is -0.358 e. The van der Waals surface area contributed by atoms with E-state index in [2.05, 4.69) is 11.9 Å². The molecule has 0 radical (unpaired) electrons. The Kier molecular flexibility index (Phi) is 6.94. The summed E-state index contributed by atoms with van der Waals surface area (Å²) in [5.74, 6) is 0. The van der Waals surface area contributed by atoms with Crippen LogP contribution in [0.2, 0.25) is 0 Å². The number of thioether (sulfide) groups is 1. The zero-order valence-electron chi connectivity index (χ0n) is 6.67. The van der Waals surface area contributed by atoms with E-state index < -0.39 is 0 Å². The van der Waals surface area contributed by atoms with Gasteiger partial charge in [0.05, 0.1) is 0 Å². The number of nitrogens with one attached hydrogen (secondary N) is 1. The van der Waals surface area contributed by atoms with Gasteiger partial charge in [0.15, 0.2) is 0 Å². The van der Waals surface area contributed by atoms with Crippen LogP contribution in [-0.4, -0.2) is 19.2 Å². The molecule has 0 saturated heterocycles. The average Bonchev–Trinajstić information content (AvgIpc) is 2.03. The van der Waals surface area contributed by atoms with Crippen LogP contribution in [0.15, 0.2) is 23.6 Å². The highest BCUT2D eigenvalue weighted by Crippen LogP contribution is 2.14. The van der Waals surface area contributed by atoms with Gasteiger partial charge in [-0.15, -0.1) is 11.8 Å². The monoisotopic (exact) mass is 171 g/mol. The molecule has 0 aromatic rings.